The van der Waals surface area contributed by atoms with E-state index in [4.69, 9.17) is 18.8 Å². The number of nitriles is 1. The Balaban J connectivity index is 0.000000167. The fourth-order valence-corrected chi connectivity index (χ4v) is 13.1. The van der Waals surface area contributed by atoms with Crippen molar-refractivity contribution < 1.29 is 52.8 Å². The summed E-state index contributed by atoms with van der Waals surface area (Å²) in [5.41, 5.74) is 9.59. The summed E-state index contributed by atoms with van der Waals surface area (Å²) in [6.07, 6.45) is 4.90. The van der Waals surface area contributed by atoms with Crippen LogP contribution in [0.15, 0.2) is 136 Å². The maximum Gasteiger partial charge on any atom is 0.255 e. The van der Waals surface area contributed by atoms with E-state index >= 15 is 0 Å². The van der Waals surface area contributed by atoms with Crippen LogP contribution in [-0.4, -0.2) is 93.4 Å². The van der Waals surface area contributed by atoms with Crippen LogP contribution in [0.3, 0.4) is 0 Å². The van der Waals surface area contributed by atoms with Crippen LogP contribution >= 0.6 is 0 Å². The van der Waals surface area contributed by atoms with Crippen LogP contribution in [0, 0.1) is 41.5 Å². The van der Waals surface area contributed by atoms with Gasteiger partial charge in [-0.25, -0.2) is 44.4 Å². The van der Waals surface area contributed by atoms with E-state index < -0.39 is 43.5 Å². The van der Waals surface area contributed by atoms with Gasteiger partial charge < -0.3 is 28.6 Å². The van der Waals surface area contributed by atoms with Crippen molar-refractivity contribution >= 4 is 87.0 Å². The van der Waals surface area contributed by atoms with Crippen molar-refractivity contribution in [3.05, 3.63) is 184 Å². The van der Waals surface area contributed by atoms with E-state index in [9.17, 15) is 49.2 Å². The Kier molecular flexibility index (Phi) is 14.4. The smallest absolute Gasteiger partial charge is 0.255 e. The molecule has 0 unspecified atom stereocenters. The van der Waals surface area contributed by atoms with Crippen molar-refractivity contribution in [2.75, 3.05) is 49.3 Å². The van der Waals surface area contributed by atoms with Gasteiger partial charge in [0.15, 0.2) is 0 Å². The number of rotatable bonds is 10. The summed E-state index contributed by atoms with van der Waals surface area (Å²) in [6.45, 7) is 2.83. The third kappa shape index (κ3) is 10.1. The highest BCUT2D eigenvalue weighted by atomic mass is 32.2. The molecule has 18 nitrogen and oxygen atoms in total. The van der Waals surface area contributed by atoms with Crippen molar-refractivity contribution in [2.24, 2.45) is 0 Å². The van der Waals surface area contributed by atoms with Gasteiger partial charge in [0, 0.05) is 103 Å². The van der Waals surface area contributed by atoms with E-state index in [1.54, 1.807) is 48.5 Å². The minimum atomic E-state index is -3.78. The van der Waals surface area contributed by atoms with E-state index in [2.05, 4.69) is 15.6 Å². The zero-order valence-electron chi connectivity index (χ0n) is 49.6. The summed E-state index contributed by atoms with van der Waals surface area (Å²) in [4.78, 5) is 40.7. The molecule has 0 fully saturated rings. The van der Waals surface area contributed by atoms with Crippen LogP contribution < -0.4 is 19.2 Å². The molecule has 12 aromatic rings. The van der Waals surface area contributed by atoms with Crippen LogP contribution in [0.25, 0.3) is 112 Å². The van der Waals surface area contributed by atoms with Crippen molar-refractivity contribution in [3.63, 3.8) is 0 Å². The third-order valence-corrected chi connectivity index (χ3v) is 19.2. The number of carbonyl (C=O) groups excluding carboxylic acids is 2. The van der Waals surface area contributed by atoms with E-state index in [1.165, 1.54) is 77.7 Å². The number of aryl methyl sites for hydroxylation is 5. The van der Waals surface area contributed by atoms with Gasteiger partial charge in [-0.1, -0.05) is 24.3 Å². The Labute approximate surface area is 517 Å². The quantitative estimate of drug-likeness (QED) is 0.122. The number of sulfonamides is 2. The summed E-state index contributed by atoms with van der Waals surface area (Å²) < 4.78 is 128. The maximum absolute atomic E-state index is 14.7. The molecule has 2 aliphatic heterocycles. The number of benzene rings is 5. The van der Waals surface area contributed by atoms with Gasteiger partial charge >= 0.3 is 0 Å². The van der Waals surface area contributed by atoms with Crippen LogP contribution in [0.2, 0.25) is 0 Å². The number of furan rings is 2. The zero-order valence-corrected chi connectivity index (χ0v) is 51.3. The molecule has 0 radical (unpaired) electrons. The lowest BCUT2D eigenvalue weighted by Gasteiger charge is -2.23. The number of nitrogens with one attached hydrogen (secondary N) is 2. The Morgan fingerprint density at radius 2 is 1.08 bits per heavy atom. The SMILES string of the molecule is CNC(=O)c1c(-c2ccc(F)cc2C#N)oc2cc(N(C)S(C)(=O)=O)c(-c3ccc4c(n3)-c3cc5c(F)cccc5n3CC4)cc12.CNC(=O)c1c(-c2cnc(C)c(F)c2)oc2cc(N(C)S(C)(=O)=O)c(-c3ccc4c(n3)-c3cc5c(F)cccc5n3CC4)cc12. The Morgan fingerprint density at radius 3 is 1.54 bits per heavy atom. The van der Waals surface area contributed by atoms with Gasteiger partial charge in [-0.3, -0.25) is 23.2 Å². The van der Waals surface area contributed by atoms with E-state index in [0.717, 1.165) is 66.8 Å². The molecule has 0 spiro atoms. The first-order valence-corrected chi connectivity index (χ1v) is 32.1. The second-order valence-corrected chi connectivity index (χ2v) is 26.2. The minimum absolute atomic E-state index is 0.0287. The van der Waals surface area contributed by atoms with E-state index in [1.807, 2.05) is 39.5 Å². The number of carbonyl (C=O) groups is 2. The van der Waals surface area contributed by atoms with Gasteiger partial charge in [0.2, 0.25) is 20.0 Å². The maximum atomic E-state index is 14.7. The van der Waals surface area contributed by atoms with Gasteiger partial charge in [0.05, 0.1) is 97.5 Å². The molecule has 2 N–H and O–H groups in total. The van der Waals surface area contributed by atoms with Crippen LogP contribution in [0.1, 0.15) is 43.1 Å². The molecule has 14 rings (SSSR count). The third-order valence-electron chi connectivity index (χ3n) is 16.8. The Morgan fingerprint density at radius 1 is 0.593 bits per heavy atom. The lowest BCUT2D eigenvalue weighted by atomic mass is 9.97. The van der Waals surface area contributed by atoms with Crippen molar-refractivity contribution in [3.8, 4) is 74.0 Å². The van der Waals surface area contributed by atoms with Gasteiger partial charge in [-0.15, -0.1) is 0 Å². The molecule has 0 aliphatic carbocycles. The van der Waals surface area contributed by atoms with Crippen LogP contribution in [0.4, 0.5) is 28.9 Å². The van der Waals surface area contributed by atoms with Crippen LogP contribution in [-0.2, 0) is 46.0 Å². The summed E-state index contributed by atoms with van der Waals surface area (Å²) in [5, 5.41) is 16.6. The fourth-order valence-electron chi connectivity index (χ4n) is 12.0. The largest absolute Gasteiger partial charge is 0.455 e. The second-order valence-electron chi connectivity index (χ2n) is 22.2. The first kappa shape index (κ1) is 59.3. The lowest BCUT2D eigenvalue weighted by molar-refractivity contribution is 0.0956. The van der Waals surface area contributed by atoms with Gasteiger partial charge in [-0.05, 0) is 116 Å². The number of nitrogens with zero attached hydrogens (tertiary/aromatic N) is 8. The van der Waals surface area contributed by atoms with Crippen molar-refractivity contribution in [1.29, 1.82) is 5.26 Å². The van der Waals surface area contributed by atoms with Gasteiger partial charge in [0.1, 0.15) is 46.0 Å². The average molecular weight is 1270 g/mol. The van der Waals surface area contributed by atoms with E-state index in [0.29, 0.717) is 81.4 Å². The fraction of sp³-hybridized carbons (Fsp3) is 0.164. The highest BCUT2D eigenvalue weighted by Crippen LogP contribution is 2.46. The Bertz CT molecular complexity index is 5420. The molecule has 2 aliphatic rings. The first-order chi connectivity index (χ1) is 43.4. The number of halogens is 4. The molecule has 24 heteroatoms. The molecular formula is C67H52F4N10O8S2. The number of hydrogen-bond donors (Lipinski definition) is 2. The topological polar surface area (TPSA) is 232 Å². The Hall–Kier alpha value is -10.6. The summed E-state index contributed by atoms with van der Waals surface area (Å²) in [6, 6.07) is 34.0. The number of amides is 2. The molecule has 458 valence electrons. The zero-order chi connectivity index (χ0) is 64.3. The highest BCUT2D eigenvalue weighted by molar-refractivity contribution is 7.92. The standard InChI is InChI=1S/C34H25F2N5O4S.C33H27F2N5O4S/c1-38-34(42)31-24-14-23(26-10-7-18-11-12-41-27-6-4-5-25(36)22(27)15-29(41)32(18)39-26)28(40(2)46(3,43)44)16-30(24)45-33(31)21-9-8-20(35)13-19(21)17-37;1-17-24(35)12-19(16-37-17)32-30(33(41)36-2)22-13-21(27(15-29(22)44-32)39(3)45(4,42)43)25-9-8-18-10-11-40-26-7-5-6-23(34)20(26)14-28(40)31(18)38-25/h4-10,13-16H,11-12H2,1-3H3,(H,38,42);5-9,12-16H,10-11H2,1-4H3,(H,36,41). The van der Waals surface area contributed by atoms with Gasteiger partial charge in [-0.2, -0.15) is 5.26 Å². The monoisotopic (exact) mass is 1260 g/mol. The molecule has 7 aromatic heterocycles. The summed E-state index contributed by atoms with van der Waals surface area (Å²) >= 11 is 0. The van der Waals surface area contributed by atoms with Crippen molar-refractivity contribution in [1.82, 2.24) is 34.7 Å². The molecule has 9 heterocycles. The lowest BCUT2D eigenvalue weighted by Crippen LogP contribution is -2.25. The molecule has 0 atom stereocenters. The first-order valence-electron chi connectivity index (χ1n) is 28.4. The van der Waals surface area contributed by atoms with Crippen LogP contribution in [0.5, 0.6) is 0 Å². The van der Waals surface area contributed by atoms with E-state index in [-0.39, 0.29) is 79.2 Å². The summed E-state index contributed by atoms with van der Waals surface area (Å²) in [7, 11) is -1.80. The average Bonchev–Trinajstić information content (AvgIpc) is 1.67. The minimum Gasteiger partial charge on any atom is -0.455 e. The molecule has 0 bridgehead atoms. The number of anilines is 2. The molecule has 5 aromatic carbocycles. The molecule has 91 heavy (non-hydrogen) atoms. The number of hydrogen-bond acceptors (Lipinski definition) is 12. The number of pyridine rings is 3. The highest BCUT2D eigenvalue weighted by Gasteiger charge is 2.32. The normalized spacial score (nSPS) is 12.6. The molecular weight excluding hydrogens is 1210 g/mol. The van der Waals surface area contributed by atoms with Gasteiger partial charge in [0.25, 0.3) is 11.8 Å². The molecule has 0 saturated heterocycles. The van der Waals surface area contributed by atoms with Crippen molar-refractivity contribution in [2.45, 2.75) is 32.9 Å². The molecule has 2 amide bonds. The second kappa shape index (κ2) is 22.1. The summed E-state index contributed by atoms with van der Waals surface area (Å²) in [5.74, 6) is -2.74. The number of aromatic nitrogens is 5. The number of fused-ring (bicyclic) bond motifs is 12. The predicted octanol–water partition coefficient (Wildman–Crippen LogP) is 12.3. The predicted molar refractivity (Wildman–Crippen MR) is 339 cm³/mol. The molecule has 0 saturated carbocycles.